The molecule has 0 spiro atoms. The summed E-state index contributed by atoms with van der Waals surface area (Å²) in [5.74, 6) is 0.958. The molecule has 0 fully saturated rings. The number of carbonyl (C=O) groups excluding carboxylic acids is 2. The minimum absolute atomic E-state index is 0.178. The molecule has 3 heterocycles. The molecule has 1 aromatic heterocycles. The zero-order chi connectivity index (χ0) is 24.0. The lowest BCUT2D eigenvalue weighted by atomic mass is 9.93. The molecule has 0 saturated carbocycles. The molecule has 1 atom stereocenters. The molecule has 0 bridgehead atoms. The predicted molar refractivity (Wildman–Crippen MR) is 131 cm³/mol. The lowest BCUT2D eigenvalue weighted by molar-refractivity contribution is -0.133. The highest BCUT2D eigenvalue weighted by Gasteiger charge is 2.47. The molecule has 0 aliphatic carbocycles. The fourth-order valence-corrected chi connectivity index (χ4v) is 4.94. The van der Waals surface area contributed by atoms with E-state index in [2.05, 4.69) is 5.32 Å². The van der Waals surface area contributed by atoms with Crippen LogP contribution in [0, 0.1) is 0 Å². The molecular formula is C28H25N3O4. The average Bonchev–Trinajstić information content (AvgIpc) is 3.50. The van der Waals surface area contributed by atoms with Gasteiger partial charge in [0.05, 0.1) is 6.54 Å². The number of nitrogens with one attached hydrogen (secondary N) is 1. The van der Waals surface area contributed by atoms with Crippen molar-refractivity contribution in [2.24, 2.45) is 0 Å². The molecule has 0 radical (unpaired) electrons. The number of ether oxygens (including phenoxy) is 2. The third-order valence-corrected chi connectivity index (χ3v) is 6.90. The molecule has 0 saturated heterocycles. The summed E-state index contributed by atoms with van der Waals surface area (Å²) < 4.78 is 12.9. The Bertz CT molecular complexity index is 1450. The van der Waals surface area contributed by atoms with Gasteiger partial charge in [-0.05, 0) is 42.3 Å². The zero-order valence-corrected chi connectivity index (χ0v) is 19.4. The second-order valence-corrected chi connectivity index (χ2v) is 9.20. The van der Waals surface area contributed by atoms with Gasteiger partial charge in [-0.1, -0.05) is 54.6 Å². The summed E-state index contributed by atoms with van der Waals surface area (Å²) >= 11 is 0. The SMILES string of the molecule is C[C@@]1(C(=O)NCc2ccccc2)Cn2c(cc3ccccc32)C(=O)N1Cc1ccc2c(c1)OCO2. The topological polar surface area (TPSA) is 72.8 Å². The van der Waals surface area contributed by atoms with E-state index in [9.17, 15) is 9.59 Å². The summed E-state index contributed by atoms with van der Waals surface area (Å²) in [6, 6.07) is 25.2. The Balaban J connectivity index is 1.38. The second kappa shape index (κ2) is 8.20. The van der Waals surface area contributed by atoms with Crippen molar-refractivity contribution in [1.82, 2.24) is 14.8 Å². The molecule has 35 heavy (non-hydrogen) atoms. The van der Waals surface area contributed by atoms with Gasteiger partial charge in [0.2, 0.25) is 12.7 Å². The van der Waals surface area contributed by atoms with Gasteiger partial charge in [0.1, 0.15) is 11.2 Å². The smallest absolute Gasteiger partial charge is 0.271 e. The number of rotatable bonds is 5. The first-order valence-electron chi connectivity index (χ1n) is 11.6. The highest BCUT2D eigenvalue weighted by atomic mass is 16.7. The van der Waals surface area contributed by atoms with Crippen molar-refractivity contribution in [3.8, 4) is 11.5 Å². The van der Waals surface area contributed by atoms with Crippen molar-refractivity contribution in [1.29, 1.82) is 0 Å². The van der Waals surface area contributed by atoms with Crippen molar-refractivity contribution < 1.29 is 19.1 Å². The largest absolute Gasteiger partial charge is 0.454 e. The third kappa shape index (κ3) is 3.60. The minimum atomic E-state index is -1.10. The van der Waals surface area contributed by atoms with E-state index in [0.717, 1.165) is 22.0 Å². The van der Waals surface area contributed by atoms with E-state index in [0.29, 0.717) is 30.3 Å². The van der Waals surface area contributed by atoms with E-state index < -0.39 is 5.54 Å². The Hall–Kier alpha value is -4.26. The van der Waals surface area contributed by atoms with Crippen LogP contribution in [0.1, 0.15) is 28.5 Å². The number of amides is 2. The summed E-state index contributed by atoms with van der Waals surface area (Å²) in [5.41, 5.74) is 2.30. The fourth-order valence-electron chi connectivity index (χ4n) is 4.94. The number of para-hydroxylation sites is 1. The van der Waals surface area contributed by atoms with Crippen LogP contribution in [0.4, 0.5) is 0 Å². The van der Waals surface area contributed by atoms with Gasteiger partial charge in [-0.15, -0.1) is 0 Å². The predicted octanol–water partition coefficient (Wildman–Crippen LogP) is 4.10. The first kappa shape index (κ1) is 21.3. The summed E-state index contributed by atoms with van der Waals surface area (Å²) in [6.45, 7) is 3.04. The molecule has 3 aromatic carbocycles. The summed E-state index contributed by atoms with van der Waals surface area (Å²) in [7, 11) is 0. The van der Waals surface area contributed by atoms with Crippen LogP contribution in [-0.4, -0.2) is 33.6 Å². The van der Waals surface area contributed by atoms with Crippen molar-refractivity contribution in [2.75, 3.05) is 6.79 Å². The first-order valence-corrected chi connectivity index (χ1v) is 11.6. The van der Waals surface area contributed by atoms with Gasteiger partial charge in [0, 0.05) is 24.0 Å². The molecule has 6 rings (SSSR count). The molecule has 7 heteroatoms. The standard InChI is InChI=1S/C28H25N3O4/c1-28(27(33)29-15-19-7-3-2-4-8-19)17-30-22-10-6-5-9-21(22)14-23(30)26(32)31(28)16-20-11-12-24-25(13-20)35-18-34-24/h2-14H,15-18H2,1H3,(H,29,33)/t28-/m0/s1. The molecular weight excluding hydrogens is 442 g/mol. The Morgan fingerprint density at radius 1 is 0.943 bits per heavy atom. The number of aromatic nitrogens is 1. The lowest BCUT2D eigenvalue weighted by Gasteiger charge is -2.44. The Morgan fingerprint density at radius 3 is 2.57 bits per heavy atom. The average molecular weight is 468 g/mol. The van der Waals surface area contributed by atoms with Crippen LogP contribution in [0.2, 0.25) is 0 Å². The number of nitrogens with zero attached hydrogens (tertiary/aromatic N) is 2. The Labute approximate surface area is 202 Å². The van der Waals surface area contributed by atoms with Crippen LogP contribution in [0.15, 0.2) is 78.9 Å². The van der Waals surface area contributed by atoms with Crippen LogP contribution in [0.3, 0.4) is 0 Å². The molecule has 1 N–H and O–H groups in total. The molecule has 2 amide bonds. The van der Waals surface area contributed by atoms with Gasteiger partial charge in [-0.3, -0.25) is 9.59 Å². The zero-order valence-electron chi connectivity index (χ0n) is 19.4. The van der Waals surface area contributed by atoms with Crippen LogP contribution in [0.5, 0.6) is 11.5 Å². The fraction of sp³-hybridized carbons (Fsp3) is 0.214. The van der Waals surface area contributed by atoms with E-state index >= 15 is 0 Å². The number of hydrogen-bond donors (Lipinski definition) is 1. The van der Waals surface area contributed by atoms with Gasteiger partial charge in [-0.2, -0.15) is 0 Å². The normalized spacial score (nSPS) is 18.5. The molecule has 7 nitrogen and oxygen atoms in total. The highest BCUT2D eigenvalue weighted by molar-refractivity contribution is 6.03. The van der Waals surface area contributed by atoms with Crippen LogP contribution in [-0.2, 0) is 24.4 Å². The number of benzene rings is 3. The van der Waals surface area contributed by atoms with Gasteiger partial charge in [0.15, 0.2) is 11.5 Å². The number of carbonyl (C=O) groups is 2. The summed E-state index contributed by atoms with van der Waals surface area (Å²) in [5, 5.41) is 4.05. The Morgan fingerprint density at radius 2 is 1.71 bits per heavy atom. The lowest BCUT2D eigenvalue weighted by Crippen LogP contribution is -2.63. The van der Waals surface area contributed by atoms with Crippen LogP contribution >= 0.6 is 0 Å². The van der Waals surface area contributed by atoms with E-state index in [1.165, 1.54) is 0 Å². The maximum atomic E-state index is 13.9. The van der Waals surface area contributed by atoms with Crippen molar-refractivity contribution in [3.63, 3.8) is 0 Å². The monoisotopic (exact) mass is 467 g/mol. The van der Waals surface area contributed by atoms with E-state index in [-0.39, 0.29) is 25.2 Å². The van der Waals surface area contributed by atoms with E-state index in [4.69, 9.17) is 9.47 Å². The second-order valence-electron chi connectivity index (χ2n) is 9.20. The van der Waals surface area contributed by atoms with Crippen LogP contribution in [0.25, 0.3) is 10.9 Å². The summed E-state index contributed by atoms with van der Waals surface area (Å²) in [6.07, 6.45) is 0. The van der Waals surface area contributed by atoms with Crippen molar-refractivity contribution >= 4 is 22.7 Å². The maximum Gasteiger partial charge on any atom is 0.271 e. The quantitative estimate of drug-likeness (QED) is 0.480. The number of fused-ring (bicyclic) bond motifs is 4. The third-order valence-electron chi connectivity index (χ3n) is 6.90. The molecule has 176 valence electrons. The van der Waals surface area contributed by atoms with E-state index in [1.54, 1.807) is 4.90 Å². The molecule has 0 unspecified atom stereocenters. The van der Waals surface area contributed by atoms with Gasteiger partial charge in [-0.25, -0.2) is 0 Å². The number of hydrogen-bond acceptors (Lipinski definition) is 4. The van der Waals surface area contributed by atoms with Crippen molar-refractivity contribution in [2.45, 2.75) is 32.1 Å². The van der Waals surface area contributed by atoms with Gasteiger partial charge >= 0.3 is 0 Å². The highest BCUT2D eigenvalue weighted by Crippen LogP contribution is 2.36. The van der Waals surface area contributed by atoms with Gasteiger partial charge in [0.25, 0.3) is 5.91 Å². The molecule has 2 aliphatic heterocycles. The van der Waals surface area contributed by atoms with Crippen molar-refractivity contribution in [3.05, 3.63) is 95.7 Å². The maximum absolute atomic E-state index is 13.9. The van der Waals surface area contributed by atoms with E-state index in [1.807, 2.05) is 90.4 Å². The molecule has 4 aromatic rings. The Kier molecular flexibility index (Phi) is 4.99. The minimum Gasteiger partial charge on any atom is -0.454 e. The van der Waals surface area contributed by atoms with Crippen LogP contribution < -0.4 is 14.8 Å². The molecule has 2 aliphatic rings. The summed E-state index contributed by atoms with van der Waals surface area (Å²) in [4.78, 5) is 29.3. The first-order chi connectivity index (χ1) is 17.0. The van der Waals surface area contributed by atoms with Gasteiger partial charge < -0.3 is 24.3 Å².